The van der Waals surface area contributed by atoms with Gasteiger partial charge in [0.1, 0.15) is 0 Å². The quantitative estimate of drug-likeness (QED) is 0.907. The van der Waals surface area contributed by atoms with E-state index in [1.54, 1.807) is 0 Å². The Labute approximate surface area is 123 Å². The molecule has 1 aromatic rings. The Balaban J connectivity index is 1.71. The fourth-order valence-corrected chi connectivity index (χ4v) is 3.96. The number of hydrogen-bond acceptors (Lipinski definition) is 2. The monoisotopic (exact) mass is 272 g/mol. The minimum atomic E-state index is 0.108. The second-order valence-corrected chi connectivity index (χ2v) is 6.86. The maximum Gasteiger partial charge on any atom is 0.0534 e. The lowest BCUT2D eigenvalue weighted by Gasteiger charge is -2.35. The molecule has 0 spiro atoms. The van der Waals surface area contributed by atoms with E-state index in [1.807, 2.05) is 0 Å². The fraction of sp³-hybridized carbons (Fsp3) is 0.667. The van der Waals surface area contributed by atoms with E-state index in [0.717, 1.165) is 19.0 Å². The van der Waals surface area contributed by atoms with Crippen LogP contribution in [0.1, 0.15) is 44.6 Å². The Bertz CT molecular complexity index is 411. The fourth-order valence-electron chi connectivity index (χ4n) is 3.96. The molecule has 0 bridgehead atoms. The summed E-state index contributed by atoms with van der Waals surface area (Å²) in [5, 5.41) is 3.79. The van der Waals surface area contributed by atoms with Crippen molar-refractivity contribution in [2.45, 2.75) is 44.6 Å². The van der Waals surface area contributed by atoms with E-state index in [-0.39, 0.29) is 5.54 Å². The van der Waals surface area contributed by atoms with Crippen LogP contribution in [0.15, 0.2) is 30.3 Å². The minimum absolute atomic E-state index is 0.108. The van der Waals surface area contributed by atoms with Gasteiger partial charge in [-0.1, -0.05) is 43.2 Å². The molecule has 1 saturated heterocycles. The average molecular weight is 272 g/mol. The van der Waals surface area contributed by atoms with E-state index in [4.69, 9.17) is 0 Å². The van der Waals surface area contributed by atoms with E-state index in [9.17, 15) is 0 Å². The van der Waals surface area contributed by atoms with Gasteiger partial charge in [-0.05, 0) is 50.8 Å². The summed E-state index contributed by atoms with van der Waals surface area (Å²) in [6.07, 6.45) is 7.08. The Morgan fingerprint density at radius 3 is 2.65 bits per heavy atom. The Hall–Kier alpha value is -0.860. The van der Waals surface area contributed by atoms with Crippen LogP contribution in [0.25, 0.3) is 0 Å². The molecule has 1 aromatic carbocycles. The lowest BCUT2D eigenvalue weighted by Crippen LogP contribution is -2.47. The summed E-state index contributed by atoms with van der Waals surface area (Å²) >= 11 is 0. The molecule has 1 saturated carbocycles. The summed E-state index contributed by atoms with van der Waals surface area (Å²) in [6.45, 7) is 7.21. The van der Waals surface area contributed by atoms with Gasteiger partial charge in [-0.2, -0.15) is 0 Å². The van der Waals surface area contributed by atoms with Crippen molar-refractivity contribution in [2.24, 2.45) is 5.92 Å². The topological polar surface area (TPSA) is 15.3 Å². The summed E-state index contributed by atoms with van der Waals surface area (Å²) in [5.74, 6) is 0.952. The number of nitrogens with zero attached hydrogens (tertiary/aromatic N) is 1. The van der Waals surface area contributed by atoms with Crippen LogP contribution in [-0.2, 0) is 5.54 Å². The number of benzene rings is 1. The summed E-state index contributed by atoms with van der Waals surface area (Å²) in [6, 6.07) is 11.0. The first-order valence-electron chi connectivity index (χ1n) is 8.29. The summed E-state index contributed by atoms with van der Waals surface area (Å²) < 4.78 is 0. The third-order valence-electron chi connectivity index (χ3n) is 5.11. The second kappa shape index (κ2) is 6.28. The van der Waals surface area contributed by atoms with Crippen molar-refractivity contribution < 1.29 is 0 Å². The van der Waals surface area contributed by atoms with Gasteiger partial charge in [0.25, 0.3) is 0 Å². The first-order valence-corrected chi connectivity index (χ1v) is 8.29. The molecular weight excluding hydrogens is 244 g/mol. The average Bonchev–Trinajstić information content (AvgIpc) is 2.90. The standard InChI is InChI=1S/C18H28N2/c1-18(17-10-3-2-4-11-17)15-20(13-7-12-19-18)14-16-8-5-6-9-16/h2-4,10-11,16,19H,5-9,12-15H2,1H3. The van der Waals surface area contributed by atoms with Crippen molar-refractivity contribution in [2.75, 3.05) is 26.2 Å². The third kappa shape index (κ3) is 3.24. The number of rotatable bonds is 3. The Kier molecular flexibility index (Phi) is 4.42. The maximum absolute atomic E-state index is 3.79. The molecule has 1 unspecified atom stereocenters. The van der Waals surface area contributed by atoms with Crippen LogP contribution in [-0.4, -0.2) is 31.1 Å². The predicted molar refractivity (Wildman–Crippen MR) is 84.8 cm³/mol. The van der Waals surface area contributed by atoms with Gasteiger partial charge >= 0.3 is 0 Å². The molecule has 20 heavy (non-hydrogen) atoms. The zero-order chi connectivity index (χ0) is 13.8. The normalized spacial score (nSPS) is 29.4. The van der Waals surface area contributed by atoms with Gasteiger partial charge in [-0.25, -0.2) is 0 Å². The van der Waals surface area contributed by atoms with Gasteiger partial charge in [0, 0.05) is 13.1 Å². The molecule has 0 aromatic heterocycles. The van der Waals surface area contributed by atoms with Crippen molar-refractivity contribution in [1.29, 1.82) is 0 Å². The SMILES string of the molecule is CC1(c2ccccc2)CN(CC2CCCC2)CCCN1. The molecule has 1 heterocycles. The van der Waals surface area contributed by atoms with Crippen LogP contribution in [0, 0.1) is 5.92 Å². The van der Waals surface area contributed by atoms with Gasteiger partial charge in [0.15, 0.2) is 0 Å². The first-order chi connectivity index (χ1) is 9.76. The highest BCUT2D eigenvalue weighted by molar-refractivity contribution is 5.24. The molecule has 0 radical (unpaired) electrons. The van der Waals surface area contributed by atoms with Crippen molar-refractivity contribution in [3.8, 4) is 0 Å². The van der Waals surface area contributed by atoms with Crippen LogP contribution >= 0.6 is 0 Å². The van der Waals surface area contributed by atoms with Crippen LogP contribution in [0.2, 0.25) is 0 Å². The minimum Gasteiger partial charge on any atom is -0.307 e. The molecule has 1 N–H and O–H groups in total. The highest BCUT2D eigenvalue weighted by atomic mass is 15.2. The second-order valence-electron chi connectivity index (χ2n) is 6.86. The van der Waals surface area contributed by atoms with Crippen LogP contribution in [0.4, 0.5) is 0 Å². The zero-order valence-electron chi connectivity index (χ0n) is 12.8. The first kappa shape index (κ1) is 14.1. The molecule has 1 aliphatic heterocycles. The Morgan fingerprint density at radius 2 is 1.90 bits per heavy atom. The Morgan fingerprint density at radius 1 is 1.15 bits per heavy atom. The molecule has 2 heteroatoms. The molecular formula is C18H28N2. The van der Waals surface area contributed by atoms with E-state index in [0.29, 0.717) is 0 Å². The molecule has 3 rings (SSSR count). The van der Waals surface area contributed by atoms with Gasteiger partial charge < -0.3 is 10.2 Å². The summed E-state index contributed by atoms with van der Waals surface area (Å²) in [5.41, 5.74) is 1.54. The van der Waals surface area contributed by atoms with Crippen LogP contribution in [0.5, 0.6) is 0 Å². The lowest BCUT2D eigenvalue weighted by molar-refractivity contribution is 0.192. The molecule has 110 valence electrons. The zero-order valence-corrected chi connectivity index (χ0v) is 12.8. The highest BCUT2D eigenvalue weighted by Crippen LogP contribution is 2.28. The van der Waals surface area contributed by atoms with Crippen LogP contribution in [0.3, 0.4) is 0 Å². The summed E-state index contributed by atoms with van der Waals surface area (Å²) in [4.78, 5) is 2.71. The van der Waals surface area contributed by atoms with E-state index in [2.05, 4.69) is 47.5 Å². The largest absolute Gasteiger partial charge is 0.307 e. The lowest BCUT2D eigenvalue weighted by atomic mass is 9.91. The van der Waals surface area contributed by atoms with Crippen molar-refractivity contribution in [3.05, 3.63) is 35.9 Å². The van der Waals surface area contributed by atoms with Crippen LogP contribution < -0.4 is 5.32 Å². The van der Waals surface area contributed by atoms with Gasteiger partial charge in [0.2, 0.25) is 0 Å². The highest BCUT2D eigenvalue weighted by Gasteiger charge is 2.31. The van der Waals surface area contributed by atoms with E-state index >= 15 is 0 Å². The molecule has 2 fully saturated rings. The number of hydrogen-bond donors (Lipinski definition) is 1. The third-order valence-corrected chi connectivity index (χ3v) is 5.11. The van der Waals surface area contributed by atoms with Gasteiger partial charge in [-0.15, -0.1) is 0 Å². The predicted octanol–water partition coefficient (Wildman–Crippen LogP) is 3.39. The smallest absolute Gasteiger partial charge is 0.0534 e. The molecule has 2 nitrogen and oxygen atoms in total. The maximum atomic E-state index is 3.79. The molecule has 1 aliphatic carbocycles. The molecule has 0 amide bonds. The van der Waals surface area contributed by atoms with Crippen molar-refractivity contribution in [3.63, 3.8) is 0 Å². The van der Waals surface area contributed by atoms with E-state index in [1.165, 1.54) is 50.8 Å². The molecule has 1 atom stereocenters. The summed E-state index contributed by atoms with van der Waals surface area (Å²) in [7, 11) is 0. The molecule has 2 aliphatic rings. The van der Waals surface area contributed by atoms with Gasteiger partial charge in [0.05, 0.1) is 5.54 Å². The van der Waals surface area contributed by atoms with E-state index < -0.39 is 0 Å². The van der Waals surface area contributed by atoms with Crippen molar-refractivity contribution in [1.82, 2.24) is 10.2 Å². The van der Waals surface area contributed by atoms with Crippen molar-refractivity contribution >= 4 is 0 Å². The number of nitrogens with one attached hydrogen (secondary N) is 1. The van der Waals surface area contributed by atoms with Gasteiger partial charge in [-0.3, -0.25) is 0 Å².